The molecule has 1 aromatic rings. The van der Waals surface area contributed by atoms with Crippen LogP contribution in [-0.2, 0) is 11.2 Å². The second kappa shape index (κ2) is 5.17. The van der Waals surface area contributed by atoms with Crippen LogP contribution < -0.4 is 4.74 Å². The molecule has 0 radical (unpaired) electrons. The Morgan fingerprint density at radius 1 is 1.53 bits per heavy atom. The third-order valence-electron chi connectivity index (χ3n) is 3.14. The van der Waals surface area contributed by atoms with Gasteiger partial charge in [-0.05, 0) is 31.4 Å². The molecule has 0 heterocycles. The van der Waals surface area contributed by atoms with Gasteiger partial charge >= 0.3 is 5.97 Å². The Hall–Kier alpha value is -1.58. The van der Waals surface area contributed by atoms with Gasteiger partial charge in [-0.2, -0.15) is 0 Å². The zero-order valence-electron chi connectivity index (χ0n) is 10.3. The lowest BCUT2D eigenvalue weighted by molar-refractivity contribution is -0.148. The van der Waals surface area contributed by atoms with Crippen LogP contribution in [0.5, 0.6) is 5.75 Å². The van der Waals surface area contributed by atoms with Gasteiger partial charge in [-0.25, -0.2) is 4.39 Å². The topological polar surface area (TPSA) is 46.5 Å². The average molecular weight is 240 g/mol. The smallest absolute Gasteiger partial charge is 0.309 e. The summed E-state index contributed by atoms with van der Waals surface area (Å²) in [5, 5.41) is 9.16. The molecule has 0 bridgehead atoms. The SMILES string of the molecule is CCC(C)(Cc1cccc(OC)c1F)C(=O)O. The van der Waals surface area contributed by atoms with Crippen molar-refractivity contribution >= 4 is 5.97 Å². The molecular weight excluding hydrogens is 223 g/mol. The molecule has 1 rings (SSSR count). The van der Waals surface area contributed by atoms with Crippen molar-refractivity contribution in [1.29, 1.82) is 0 Å². The number of methoxy groups -OCH3 is 1. The van der Waals surface area contributed by atoms with Crippen molar-refractivity contribution in [3.8, 4) is 5.75 Å². The molecule has 0 saturated heterocycles. The highest BCUT2D eigenvalue weighted by Crippen LogP contribution is 2.30. The molecule has 0 amide bonds. The Labute approximate surface area is 100 Å². The Kier molecular flexibility index (Phi) is 4.10. The van der Waals surface area contributed by atoms with Crippen LogP contribution in [-0.4, -0.2) is 18.2 Å². The van der Waals surface area contributed by atoms with Crippen LogP contribution in [0.15, 0.2) is 18.2 Å². The molecule has 0 fully saturated rings. The van der Waals surface area contributed by atoms with Crippen LogP contribution in [0, 0.1) is 11.2 Å². The maximum Gasteiger partial charge on any atom is 0.309 e. The molecule has 94 valence electrons. The number of carboxylic acid groups (broad SMARTS) is 1. The third-order valence-corrected chi connectivity index (χ3v) is 3.14. The molecule has 1 aromatic carbocycles. The van der Waals surface area contributed by atoms with Crippen LogP contribution in [0.1, 0.15) is 25.8 Å². The van der Waals surface area contributed by atoms with Crippen molar-refractivity contribution in [3.63, 3.8) is 0 Å². The predicted molar refractivity (Wildman–Crippen MR) is 62.7 cm³/mol. The average Bonchev–Trinajstić information content (AvgIpc) is 2.31. The normalized spacial score (nSPS) is 14.1. The summed E-state index contributed by atoms with van der Waals surface area (Å²) < 4.78 is 18.8. The monoisotopic (exact) mass is 240 g/mol. The van der Waals surface area contributed by atoms with Crippen molar-refractivity contribution in [2.45, 2.75) is 26.7 Å². The fourth-order valence-corrected chi connectivity index (χ4v) is 1.62. The zero-order valence-corrected chi connectivity index (χ0v) is 10.3. The van der Waals surface area contributed by atoms with E-state index in [1.54, 1.807) is 26.0 Å². The van der Waals surface area contributed by atoms with Gasteiger partial charge in [0.05, 0.1) is 12.5 Å². The van der Waals surface area contributed by atoms with Crippen molar-refractivity contribution < 1.29 is 19.0 Å². The summed E-state index contributed by atoms with van der Waals surface area (Å²) in [6, 6.07) is 4.77. The van der Waals surface area contributed by atoms with Gasteiger partial charge in [-0.1, -0.05) is 19.1 Å². The highest BCUT2D eigenvalue weighted by atomic mass is 19.1. The molecule has 0 aliphatic heterocycles. The van der Waals surface area contributed by atoms with E-state index >= 15 is 0 Å². The first-order chi connectivity index (χ1) is 7.94. The molecule has 17 heavy (non-hydrogen) atoms. The van der Waals surface area contributed by atoms with E-state index in [-0.39, 0.29) is 12.2 Å². The van der Waals surface area contributed by atoms with Gasteiger partial charge in [0.15, 0.2) is 11.6 Å². The van der Waals surface area contributed by atoms with Gasteiger partial charge in [0, 0.05) is 0 Å². The Morgan fingerprint density at radius 3 is 2.65 bits per heavy atom. The first-order valence-corrected chi connectivity index (χ1v) is 5.49. The van der Waals surface area contributed by atoms with Crippen LogP contribution in [0.2, 0.25) is 0 Å². The number of halogens is 1. The van der Waals surface area contributed by atoms with Crippen molar-refractivity contribution in [2.24, 2.45) is 5.41 Å². The molecular formula is C13H17FO3. The van der Waals surface area contributed by atoms with Gasteiger partial charge < -0.3 is 9.84 Å². The van der Waals surface area contributed by atoms with E-state index in [1.165, 1.54) is 13.2 Å². The largest absolute Gasteiger partial charge is 0.494 e. The molecule has 0 aliphatic carbocycles. The van der Waals surface area contributed by atoms with E-state index in [1.807, 2.05) is 0 Å². The molecule has 3 nitrogen and oxygen atoms in total. The number of ether oxygens (including phenoxy) is 1. The first kappa shape index (κ1) is 13.5. The van der Waals surface area contributed by atoms with Crippen molar-refractivity contribution in [1.82, 2.24) is 0 Å². The maximum absolute atomic E-state index is 13.9. The summed E-state index contributed by atoms with van der Waals surface area (Å²) in [5.74, 6) is -1.25. The van der Waals surface area contributed by atoms with Crippen molar-refractivity contribution in [3.05, 3.63) is 29.6 Å². The lowest BCUT2D eigenvalue weighted by Crippen LogP contribution is -2.29. The number of hydrogen-bond donors (Lipinski definition) is 1. The minimum Gasteiger partial charge on any atom is -0.494 e. The van der Waals surface area contributed by atoms with Crippen LogP contribution in [0.3, 0.4) is 0 Å². The first-order valence-electron chi connectivity index (χ1n) is 5.49. The molecule has 0 spiro atoms. The lowest BCUT2D eigenvalue weighted by Gasteiger charge is -2.23. The quantitative estimate of drug-likeness (QED) is 0.860. The van der Waals surface area contributed by atoms with Gasteiger partial charge in [-0.15, -0.1) is 0 Å². The number of rotatable bonds is 5. The van der Waals surface area contributed by atoms with E-state index in [9.17, 15) is 9.18 Å². The molecule has 4 heteroatoms. The van der Waals surface area contributed by atoms with E-state index in [2.05, 4.69) is 0 Å². The van der Waals surface area contributed by atoms with Gasteiger partial charge in [0.25, 0.3) is 0 Å². The van der Waals surface area contributed by atoms with Crippen LogP contribution >= 0.6 is 0 Å². The third kappa shape index (κ3) is 2.75. The van der Waals surface area contributed by atoms with Crippen LogP contribution in [0.25, 0.3) is 0 Å². The van der Waals surface area contributed by atoms with E-state index in [0.29, 0.717) is 12.0 Å². The summed E-state index contributed by atoms with van der Waals surface area (Å²) in [7, 11) is 1.39. The minimum absolute atomic E-state index is 0.145. The highest BCUT2D eigenvalue weighted by molar-refractivity contribution is 5.74. The highest BCUT2D eigenvalue weighted by Gasteiger charge is 2.32. The fourth-order valence-electron chi connectivity index (χ4n) is 1.62. The van der Waals surface area contributed by atoms with E-state index in [0.717, 1.165) is 0 Å². The van der Waals surface area contributed by atoms with Crippen molar-refractivity contribution in [2.75, 3.05) is 7.11 Å². The van der Waals surface area contributed by atoms with E-state index < -0.39 is 17.2 Å². The molecule has 0 aromatic heterocycles. The summed E-state index contributed by atoms with van der Waals surface area (Å²) in [5.41, 5.74) is -0.580. The molecule has 0 aliphatic rings. The number of benzene rings is 1. The molecule has 1 N–H and O–H groups in total. The number of aliphatic carboxylic acids is 1. The number of carbonyl (C=O) groups is 1. The summed E-state index contributed by atoms with van der Waals surface area (Å²) in [4.78, 5) is 11.2. The summed E-state index contributed by atoms with van der Waals surface area (Å²) in [6.45, 7) is 3.40. The van der Waals surface area contributed by atoms with Crippen LogP contribution in [0.4, 0.5) is 4.39 Å². The molecule has 0 saturated carbocycles. The summed E-state index contributed by atoms with van der Waals surface area (Å²) >= 11 is 0. The molecule has 1 unspecified atom stereocenters. The Morgan fingerprint density at radius 2 is 2.18 bits per heavy atom. The fraction of sp³-hybridized carbons (Fsp3) is 0.462. The van der Waals surface area contributed by atoms with Gasteiger partial charge in [-0.3, -0.25) is 4.79 Å². The Balaban J connectivity index is 3.06. The predicted octanol–water partition coefficient (Wildman–Crippen LogP) is 2.88. The second-order valence-corrected chi connectivity index (χ2v) is 4.33. The minimum atomic E-state index is -0.951. The zero-order chi connectivity index (χ0) is 13.1. The Bertz CT molecular complexity index is 417. The maximum atomic E-state index is 13.9. The summed E-state index contributed by atoms with van der Waals surface area (Å²) in [6.07, 6.45) is 0.598. The molecule has 1 atom stereocenters. The number of hydrogen-bond acceptors (Lipinski definition) is 2. The number of carboxylic acids is 1. The van der Waals surface area contributed by atoms with E-state index in [4.69, 9.17) is 9.84 Å². The van der Waals surface area contributed by atoms with Gasteiger partial charge in [0.1, 0.15) is 0 Å². The standard InChI is InChI=1S/C13H17FO3/c1-4-13(2,12(15)16)8-9-6-5-7-10(17-3)11(9)14/h5-7H,4,8H2,1-3H3,(H,15,16). The lowest BCUT2D eigenvalue weighted by atomic mass is 9.81. The van der Waals surface area contributed by atoms with Gasteiger partial charge in [0.2, 0.25) is 0 Å². The second-order valence-electron chi connectivity index (χ2n) is 4.33.